The summed E-state index contributed by atoms with van der Waals surface area (Å²) in [5.41, 5.74) is 3.11. The van der Waals surface area contributed by atoms with E-state index in [1.807, 2.05) is 29.2 Å². The largest absolute Gasteiger partial charge is 0.359 e. The Morgan fingerprint density at radius 3 is 2.40 bits per heavy atom. The highest BCUT2D eigenvalue weighted by Gasteiger charge is 2.31. The van der Waals surface area contributed by atoms with Crippen molar-refractivity contribution in [1.82, 2.24) is 15.3 Å². The van der Waals surface area contributed by atoms with Gasteiger partial charge >= 0.3 is 0 Å². The highest BCUT2D eigenvalue weighted by Crippen LogP contribution is 2.37. The summed E-state index contributed by atoms with van der Waals surface area (Å²) in [5.74, 6) is -3.13. The van der Waals surface area contributed by atoms with Crippen LogP contribution < -0.4 is 10.2 Å². The predicted octanol–water partition coefficient (Wildman–Crippen LogP) is 5.14. The second-order valence-corrected chi connectivity index (χ2v) is 8.99. The van der Waals surface area contributed by atoms with E-state index in [1.165, 1.54) is 18.5 Å². The van der Waals surface area contributed by atoms with Gasteiger partial charge in [0.15, 0.2) is 11.6 Å². The average Bonchev–Trinajstić information content (AvgIpc) is 3.33. The minimum Gasteiger partial charge on any atom is -0.359 e. The fourth-order valence-electron chi connectivity index (χ4n) is 4.50. The van der Waals surface area contributed by atoms with Crippen LogP contribution in [0.4, 0.5) is 19.0 Å². The molecule has 184 valence electrons. The maximum absolute atomic E-state index is 15.5. The summed E-state index contributed by atoms with van der Waals surface area (Å²) < 4.78 is 42.7. The molecule has 2 heterocycles. The Hall–Kier alpha value is -3.42. The number of likely N-dealkylation sites (N-methyl/N-ethyl adjacent to an activating group) is 1. The molecule has 0 saturated carbocycles. The number of anilines is 1. The van der Waals surface area contributed by atoms with Crippen molar-refractivity contribution >= 4 is 11.7 Å². The lowest BCUT2D eigenvalue weighted by Crippen LogP contribution is -2.25. The highest BCUT2D eigenvalue weighted by atomic mass is 19.3. The van der Waals surface area contributed by atoms with Crippen molar-refractivity contribution in [3.63, 3.8) is 0 Å². The first-order chi connectivity index (χ1) is 16.8. The molecular formula is C27H29F3N4O. The van der Waals surface area contributed by atoms with Crippen molar-refractivity contribution in [2.45, 2.75) is 51.0 Å². The number of halogens is 3. The highest BCUT2D eigenvalue weighted by molar-refractivity contribution is 5.78. The molecular weight excluding hydrogens is 453 g/mol. The van der Waals surface area contributed by atoms with Gasteiger partial charge in [0.25, 0.3) is 5.92 Å². The predicted molar refractivity (Wildman–Crippen MR) is 129 cm³/mol. The molecule has 0 aliphatic carbocycles. The molecule has 2 aromatic carbocycles. The van der Waals surface area contributed by atoms with Gasteiger partial charge in [-0.2, -0.15) is 0 Å². The number of nitrogens with zero attached hydrogens (tertiary/aromatic N) is 3. The van der Waals surface area contributed by atoms with E-state index in [9.17, 15) is 13.6 Å². The molecule has 1 N–H and O–H groups in total. The van der Waals surface area contributed by atoms with Gasteiger partial charge in [-0.25, -0.2) is 23.1 Å². The summed E-state index contributed by atoms with van der Waals surface area (Å²) in [6, 6.07) is 13.8. The van der Waals surface area contributed by atoms with Gasteiger partial charge in [0.05, 0.1) is 18.2 Å². The van der Waals surface area contributed by atoms with Crippen LogP contribution in [0.25, 0.3) is 0 Å². The number of hydrogen-bond donors (Lipinski definition) is 1. The van der Waals surface area contributed by atoms with E-state index in [4.69, 9.17) is 0 Å². The zero-order valence-corrected chi connectivity index (χ0v) is 19.9. The van der Waals surface area contributed by atoms with Crippen molar-refractivity contribution in [3.8, 4) is 0 Å². The summed E-state index contributed by atoms with van der Waals surface area (Å²) in [6.45, 7) is 1.51. The SMILES string of the molecule is CNC(=O)Cc1ccc(CCc2ncnc(N3CCCC3c3ccc(C(C)(F)F)cc3)c2F)cc1. The van der Waals surface area contributed by atoms with Gasteiger partial charge in [-0.15, -0.1) is 0 Å². The second kappa shape index (κ2) is 10.5. The third-order valence-corrected chi connectivity index (χ3v) is 6.49. The molecule has 1 aromatic heterocycles. The molecule has 35 heavy (non-hydrogen) atoms. The van der Waals surface area contributed by atoms with Crippen LogP contribution in [0.1, 0.15) is 53.8 Å². The van der Waals surface area contributed by atoms with Crippen LogP contribution in [0, 0.1) is 5.82 Å². The van der Waals surface area contributed by atoms with Gasteiger partial charge < -0.3 is 10.2 Å². The molecule has 3 aromatic rings. The van der Waals surface area contributed by atoms with Gasteiger partial charge in [-0.1, -0.05) is 48.5 Å². The Balaban J connectivity index is 1.47. The monoisotopic (exact) mass is 482 g/mol. The number of aryl methyl sites for hydroxylation is 2. The minimum absolute atomic E-state index is 0.0389. The van der Waals surface area contributed by atoms with Crippen LogP contribution in [0.15, 0.2) is 54.9 Å². The molecule has 0 spiro atoms. The number of nitrogens with one attached hydrogen (secondary N) is 1. The average molecular weight is 483 g/mol. The number of carbonyl (C=O) groups excluding carboxylic acids is 1. The molecule has 1 aliphatic rings. The van der Waals surface area contributed by atoms with Crippen LogP contribution in [0.2, 0.25) is 0 Å². The summed E-state index contributed by atoms with van der Waals surface area (Å²) in [4.78, 5) is 21.9. The number of carbonyl (C=O) groups is 1. The van der Waals surface area contributed by atoms with Gasteiger partial charge in [-0.3, -0.25) is 4.79 Å². The molecule has 1 atom stereocenters. The van der Waals surface area contributed by atoms with Gasteiger partial charge in [0.1, 0.15) is 6.33 Å². The molecule has 1 fully saturated rings. The van der Waals surface area contributed by atoms with Gasteiger partial charge in [-0.05, 0) is 42.4 Å². The topological polar surface area (TPSA) is 58.1 Å². The van der Waals surface area contributed by atoms with E-state index < -0.39 is 11.7 Å². The number of benzene rings is 2. The zero-order valence-electron chi connectivity index (χ0n) is 19.9. The molecule has 1 saturated heterocycles. The summed E-state index contributed by atoms with van der Waals surface area (Å²) in [6.07, 6.45) is 4.37. The van der Waals surface area contributed by atoms with Crippen LogP contribution >= 0.6 is 0 Å². The van der Waals surface area contributed by atoms with Gasteiger partial charge in [0, 0.05) is 26.1 Å². The molecule has 0 radical (unpaired) electrons. The first-order valence-corrected chi connectivity index (χ1v) is 11.8. The maximum atomic E-state index is 15.5. The van der Waals surface area contributed by atoms with Crippen molar-refractivity contribution in [3.05, 3.63) is 88.6 Å². The van der Waals surface area contributed by atoms with Crippen molar-refractivity contribution < 1.29 is 18.0 Å². The number of alkyl halides is 2. The fourth-order valence-corrected chi connectivity index (χ4v) is 4.50. The fraction of sp³-hybridized carbons (Fsp3) is 0.370. The summed E-state index contributed by atoms with van der Waals surface area (Å²) in [7, 11) is 1.61. The van der Waals surface area contributed by atoms with Gasteiger partial charge in [0.2, 0.25) is 5.91 Å². The molecule has 1 unspecified atom stereocenters. The van der Waals surface area contributed by atoms with Crippen molar-refractivity contribution in [2.24, 2.45) is 0 Å². The molecule has 5 nitrogen and oxygen atoms in total. The number of hydrogen-bond acceptors (Lipinski definition) is 4. The zero-order chi connectivity index (χ0) is 25.0. The molecule has 1 amide bonds. The van der Waals surface area contributed by atoms with Crippen LogP contribution in [-0.2, 0) is 30.0 Å². The van der Waals surface area contributed by atoms with Crippen molar-refractivity contribution in [1.29, 1.82) is 0 Å². The third-order valence-electron chi connectivity index (χ3n) is 6.49. The van der Waals surface area contributed by atoms with E-state index in [2.05, 4.69) is 15.3 Å². The number of aromatic nitrogens is 2. The summed E-state index contributed by atoms with van der Waals surface area (Å²) in [5, 5.41) is 2.60. The molecule has 8 heteroatoms. The van der Waals surface area contributed by atoms with Crippen LogP contribution in [0.5, 0.6) is 0 Å². The second-order valence-electron chi connectivity index (χ2n) is 8.99. The van der Waals surface area contributed by atoms with E-state index in [1.54, 1.807) is 19.2 Å². The Kier molecular flexibility index (Phi) is 7.38. The quantitative estimate of drug-likeness (QED) is 0.483. The van der Waals surface area contributed by atoms with E-state index in [-0.39, 0.29) is 23.3 Å². The lowest BCUT2D eigenvalue weighted by molar-refractivity contribution is -0.119. The van der Waals surface area contributed by atoms with Crippen LogP contribution in [0.3, 0.4) is 0 Å². The Morgan fingerprint density at radius 2 is 1.74 bits per heavy atom. The van der Waals surface area contributed by atoms with E-state index in [0.29, 0.717) is 31.5 Å². The summed E-state index contributed by atoms with van der Waals surface area (Å²) >= 11 is 0. The standard InChI is InChI=1S/C27H29F3N4O/c1-27(29,30)21-12-10-20(11-13-21)23-4-3-15-34(23)26-25(28)22(32-17-33-26)14-9-18-5-7-19(8-6-18)16-24(35)31-2/h5-8,10-13,17,23H,3-4,9,14-16H2,1-2H3,(H,31,35). The van der Waals surface area contributed by atoms with Crippen LogP contribution in [-0.4, -0.2) is 29.5 Å². The molecule has 0 bridgehead atoms. The Bertz CT molecular complexity index is 1160. The molecule has 1 aliphatic heterocycles. The third kappa shape index (κ3) is 5.81. The molecule has 4 rings (SSSR count). The Labute approximate surface area is 203 Å². The number of rotatable bonds is 8. The normalized spacial score (nSPS) is 15.9. The van der Waals surface area contributed by atoms with E-state index >= 15 is 4.39 Å². The van der Waals surface area contributed by atoms with E-state index in [0.717, 1.165) is 36.5 Å². The Morgan fingerprint density at radius 1 is 1.06 bits per heavy atom. The number of amides is 1. The van der Waals surface area contributed by atoms with Crippen molar-refractivity contribution in [2.75, 3.05) is 18.5 Å². The lowest BCUT2D eigenvalue weighted by atomic mass is 10.0. The lowest BCUT2D eigenvalue weighted by Gasteiger charge is -2.27. The first-order valence-electron chi connectivity index (χ1n) is 11.8. The minimum atomic E-state index is -2.90. The first kappa shape index (κ1) is 24.7. The smallest absolute Gasteiger partial charge is 0.270 e. The maximum Gasteiger partial charge on any atom is 0.270 e.